The SMILES string of the molecule is Nc1nc(OCC2CCCCC2)c(Cl)cc1Cl. The third-order valence-electron chi connectivity index (χ3n) is 3.10. The Morgan fingerprint density at radius 3 is 2.65 bits per heavy atom. The van der Waals surface area contributed by atoms with Crippen LogP contribution in [0.4, 0.5) is 5.82 Å². The standard InChI is InChI=1S/C12H16Cl2N2O/c13-9-6-10(14)12(16-11(9)15)17-7-8-4-2-1-3-5-8/h6,8H,1-5,7H2,(H2,15,16). The van der Waals surface area contributed by atoms with Crippen molar-refractivity contribution in [3.8, 4) is 5.88 Å². The van der Waals surface area contributed by atoms with Gasteiger partial charge in [-0.25, -0.2) is 0 Å². The van der Waals surface area contributed by atoms with Gasteiger partial charge in [-0.2, -0.15) is 4.98 Å². The van der Waals surface area contributed by atoms with Gasteiger partial charge in [0, 0.05) is 0 Å². The lowest BCUT2D eigenvalue weighted by atomic mass is 9.90. The third kappa shape index (κ3) is 3.39. The molecule has 0 bridgehead atoms. The summed E-state index contributed by atoms with van der Waals surface area (Å²) in [6.45, 7) is 0.661. The molecule has 17 heavy (non-hydrogen) atoms. The molecule has 1 aromatic rings. The number of nitrogens with zero attached hydrogens (tertiary/aromatic N) is 1. The largest absolute Gasteiger partial charge is 0.476 e. The summed E-state index contributed by atoms with van der Waals surface area (Å²) in [6, 6.07) is 1.57. The molecule has 0 saturated heterocycles. The number of hydrogen-bond acceptors (Lipinski definition) is 3. The topological polar surface area (TPSA) is 48.1 Å². The molecule has 0 aromatic carbocycles. The van der Waals surface area contributed by atoms with Crippen LogP contribution < -0.4 is 10.5 Å². The van der Waals surface area contributed by atoms with Crippen molar-refractivity contribution in [2.45, 2.75) is 32.1 Å². The zero-order valence-electron chi connectivity index (χ0n) is 9.59. The van der Waals surface area contributed by atoms with Gasteiger partial charge in [-0.05, 0) is 24.8 Å². The lowest BCUT2D eigenvalue weighted by molar-refractivity contribution is 0.203. The first-order chi connectivity index (χ1) is 8.16. The minimum atomic E-state index is 0.259. The zero-order chi connectivity index (χ0) is 12.3. The monoisotopic (exact) mass is 274 g/mol. The predicted octanol–water partition coefficient (Wildman–Crippen LogP) is 3.93. The van der Waals surface area contributed by atoms with Crippen molar-refractivity contribution in [3.05, 3.63) is 16.1 Å². The van der Waals surface area contributed by atoms with Gasteiger partial charge in [0.25, 0.3) is 0 Å². The number of nitrogens with two attached hydrogens (primary N) is 1. The van der Waals surface area contributed by atoms with Gasteiger partial charge >= 0.3 is 0 Å². The summed E-state index contributed by atoms with van der Waals surface area (Å²) < 4.78 is 5.63. The van der Waals surface area contributed by atoms with Gasteiger partial charge in [0.1, 0.15) is 10.8 Å². The summed E-state index contributed by atoms with van der Waals surface area (Å²) in [7, 11) is 0. The number of ether oxygens (including phenoxy) is 1. The van der Waals surface area contributed by atoms with E-state index in [9.17, 15) is 0 Å². The van der Waals surface area contributed by atoms with Crippen LogP contribution in [0.5, 0.6) is 5.88 Å². The van der Waals surface area contributed by atoms with Crippen molar-refractivity contribution in [1.29, 1.82) is 0 Å². The van der Waals surface area contributed by atoms with Crippen molar-refractivity contribution in [1.82, 2.24) is 4.98 Å². The molecular weight excluding hydrogens is 259 g/mol. The van der Waals surface area contributed by atoms with Gasteiger partial charge in [-0.3, -0.25) is 0 Å². The fourth-order valence-corrected chi connectivity index (χ4v) is 2.53. The summed E-state index contributed by atoms with van der Waals surface area (Å²) >= 11 is 11.8. The van der Waals surface area contributed by atoms with Crippen molar-refractivity contribution < 1.29 is 4.74 Å². The molecule has 1 heterocycles. The Balaban J connectivity index is 1.96. The fraction of sp³-hybridized carbons (Fsp3) is 0.583. The Labute approximate surface area is 111 Å². The second-order valence-electron chi connectivity index (χ2n) is 4.46. The quantitative estimate of drug-likeness (QED) is 0.909. The first kappa shape index (κ1) is 12.8. The second-order valence-corrected chi connectivity index (χ2v) is 5.27. The average Bonchev–Trinajstić information content (AvgIpc) is 2.33. The van der Waals surface area contributed by atoms with Crippen LogP contribution in [0.3, 0.4) is 0 Å². The summed E-state index contributed by atoms with van der Waals surface area (Å²) in [6.07, 6.45) is 6.36. The van der Waals surface area contributed by atoms with E-state index >= 15 is 0 Å². The molecule has 1 aromatic heterocycles. The highest BCUT2D eigenvalue weighted by atomic mass is 35.5. The normalized spacial score (nSPS) is 17.1. The van der Waals surface area contributed by atoms with Gasteiger partial charge in [0.2, 0.25) is 5.88 Å². The molecule has 1 fully saturated rings. The highest BCUT2D eigenvalue weighted by molar-refractivity contribution is 6.36. The molecule has 0 radical (unpaired) electrons. The number of nitrogen functional groups attached to an aromatic ring is 1. The molecule has 0 atom stereocenters. The van der Waals surface area contributed by atoms with E-state index in [0.717, 1.165) is 0 Å². The third-order valence-corrected chi connectivity index (χ3v) is 3.68. The molecule has 0 spiro atoms. The van der Waals surface area contributed by atoms with Gasteiger partial charge in [0.15, 0.2) is 0 Å². The maximum Gasteiger partial charge on any atom is 0.234 e. The molecule has 3 nitrogen and oxygen atoms in total. The lowest BCUT2D eigenvalue weighted by Crippen LogP contribution is -2.16. The number of hydrogen-bond donors (Lipinski definition) is 1. The Bertz CT molecular complexity index is 392. The van der Waals surface area contributed by atoms with E-state index in [4.69, 9.17) is 33.7 Å². The molecule has 1 aliphatic carbocycles. The minimum Gasteiger partial charge on any atom is -0.476 e. The van der Waals surface area contributed by atoms with E-state index in [0.29, 0.717) is 28.5 Å². The minimum absolute atomic E-state index is 0.259. The van der Waals surface area contributed by atoms with Gasteiger partial charge in [-0.15, -0.1) is 0 Å². The van der Waals surface area contributed by atoms with Crippen molar-refractivity contribution >= 4 is 29.0 Å². The summed E-state index contributed by atoms with van der Waals surface area (Å²) in [4.78, 5) is 4.05. The Kier molecular flexibility index (Phi) is 4.35. The highest BCUT2D eigenvalue weighted by Crippen LogP contribution is 2.30. The summed E-state index contributed by atoms with van der Waals surface area (Å²) in [5.74, 6) is 1.26. The van der Waals surface area contributed by atoms with Gasteiger partial charge in [-0.1, -0.05) is 42.5 Å². The number of halogens is 2. The van der Waals surface area contributed by atoms with Crippen molar-refractivity contribution in [3.63, 3.8) is 0 Å². The van der Waals surface area contributed by atoms with E-state index in [1.54, 1.807) is 6.07 Å². The van der Waals surface area contributed by atoms with Crippen molar-refractivity contribution in [2.24, 2.45) is 5.92 Å². The maximum atomic E-state index is 5.99. The van der Waals surface area contributed by atoms with Crippen LogP contribution in [-0.4, -0.2) is 11.6 Å². The molecule has 1 aliphatic rings. The van der Waals surface area contributed by atoms with E-state index in [1.165, 1.54) is 32.1 Å². The van der Waals surface area contributed by atoms with Gasteiger partial charge in [0.05, 0.1) is 11.6 Å². The number of rotatable bonds is 3. The molecule has 0 unspecified atom stereocenters. The van der Waals surface area contributed by atoms with Gasteiger partial charge < -0.3 is 10.5 Å². The molecule has 94 valence electrons. The fourth-order valence-electron chi connectivity index (χ4n) is 2.11. The van der Waals surface area contributed by atoms with E-state index in [2.05, 4.69) is 4.98 Å². The average molecular weight is 275 g/mol. The van der Waals surface area contributed by atoms with Crippen molar-refractivity contribution in [2.75, 3.05) is 12.3 Å². The highest BCUT2D eigenvalue weighted by Gasteiger charge is 2.15. The van der Waals surface area contributed by atoms with Crippen LogP contribution in [0.1, 0.15) is 32.1 Å². The maximum absolute atomic E-state index is 5.99. The lowest BCUT2D eigenvalue weighted by Gasteiger charge is -2.21. The van der Waals surface area contributed by atoms with Crippen LogP contribution in [-0.2, 0) is 0 Å². The van der Waals surface area contributed by atoms with Crippen LogP contribution in [0, 0.1) is 5.92 Å². The first-order valence-corrected chi connectivity index (χ1v) is 6.66. The molecule has 2 N–H and O–H groups in total. The molecule has 0 aliphatic heterocycles. The Hall–Kier alpha value is -0.670. The molecule has 1 saturated carbocycles. The van der Waals surface area contributed by atoms with E-state index < -0.39 is 0 Å². The zero-order valence-corrected chi connectivity index (χ0v) is 11.1. The smallest absolute Gasteiger partial charge is 0.234 e. The van der Waals surface area contributed by atoms with Crippen LogP contribution in [0.15, 0.2) is 6.07 Å². The Morgan fingerprint density at radius 1 is 1.24 bits per heavy atom. The van der Waals surface area contributed by atoms with E-state index in [-0.39, 0.29) is 5.82 Å². The Morgan fingerprint density at radius 2 is 1.94 bits per heavy atom. The van der Waals surface area contributed by atoms with E-state index in [1.807, 2.05) is 0 Å². The molecule has 0 amide bonds. The second kappa shape index (κ2) is 5.78. The van der Waals surface area contributed by atoms with Crippen LogP contribution in [0.2, 0.25) is 10.0 Å². The summed E-state index contributed by atoms with van der Waals surface area (Å²) in [5, 5.41) is 0.778. The summed E-state index contributed by atoms with van der Waals surface area (Å²) in [5.41, 5.74) is 5.62. The molecule has 2 rings (SSSR count). The first-order valence-electron chi connectivity index (χ1n) is 5.91. The number of anilines is 1. The molecule has 5 heteroatoms. The number of aromatic nitrogens is 1. The van der Waals surface area contributed by atoms with Crippen LogP contribution in [0.25, 0.3) is 0 Å². The molecular formula is C12H16Cl2N2O. The number of pyridine rings is 1. The predicted molar refractivity (Wildman–Crippen MR) is 70.7 cm³/mol. The van der Waals surface area contributed by atoms with Crippen LogP contribution >= 0.6 is 23.2 Å².